The Bertz CT molecular complexity index is 1090. The van der Waals surface area contributed by atoms with E-state index >= 15 is 0 Å². The summed E-state index contributed by atoms with van der Waals surface area (Å²) in [6.07, 6.45) is 1.97. The molecule has 1 atom stereocenters. The first-order valence-electron chi connectivity index (χ1n) is 10.5. The van der Waals surface area contributed by atoms with Gasteiger partial charge in [0.2, 0.25) is 0 Å². The molecular weight excluding hydrogens is 390 g/mol. The summed E-state index contributed by atoms with van der Waals surface area (Å²) in [4.78, 5) is 42.0. The minimum absolute atomic E-state index is 0.286. The lowest BCUT2D eigenvalue weighted by Gasteiger charge is -2.26. The Morgan fingerprint density at radius 3 is 2.32 bits per heavy atom. The van der Waals surface area contributed by atoms with Gasteiger partial charge < -0.3 is 10.2 Å². The first-order chi connectivity index (χ1) is 14.7. The van der Waals surface area contributed by atoms with E-state index in [0.717, 1.165) is 27.4 Å². The normalized spacial score (nSPS) is 23.3. The highest BCUT2D eigenvalue weighted by Gasteiger charge is 2.51. The molecule has 2 aliphatic rings. The molecule has 0 bridgehead atoms. The highest BCUT2D eigenvalue weighted by Crippen LogP contribution is 2.46. The zero-order valence-electron chi connectivity index (χ0n) is 18.3. The number of hydrogen-bond acceptors (Lipinski definition) is 4. The number of para-hydroxylation sites is 1. The van der Waals surface area contributed by atoms with Crippen molar-refractivity contribution in [3.05, 3.63) is 77.5 Å². The third-order valence-electron chi connectivity index (χ3n) is 6.52. The fourth-order valence-electron chi connectivity index (χ4n) is 4.74. The van der Waals surface area contributed by atoms with Crippen LogP contribution in [-0.4, -0.2) is 36.2 Å². The Hall–Kier alpha value is -3.41. The molecule has 160 valence electrons. The van der Waals surface area contributed by atoms with Crippen LogP contribution in [0.1, 0.15) is 38.3 Å². The average Bonchev–Trinajstić information content (AvgIpc) is 3.12. The van der Waals surface area contributed by atoms with Crippen molar-refractivity contribution in [2.24, 2.45) is 0 Å². The third-order valence-corrected chi connectivity index (χ3v) is 6.52. The maximum absolute atomic E-state index is 13.3. The van der Waals surface area contributed by atoms with Crippen LogP contribution < -0.4 is 10.2 Å². The molecule has 2 heterocycles. The van der Waals surface area contributed by atoms with E-state index in [0.29, 0.717) is 6.42 Å². The number of urea groups is 1. The van der Waals surface area contributed by atoms with Gasteiger partial charge in [-0.2, -0.15) is 0 Å². The zero-order chi connectivity index (χ0) is 22.4. The van der Waals surface area contributed by atoms with Gasteiger partial charge in [0.15, 0.2) is 5.78 Å². The van der Waals surface area contributed by atoms with Gasteiger partial charge in [0.05, 0.1) is 6.54 Å². The second-order valence-electron chi connectivity index (χ2n) is 8.64. The molecule has 2 aromatic carbocycles. The number of ketones is 1. The molecule has 2 aliphatic heterocycles. The molecule has 0 unspecified atom stereocenters. The summed E-state index contributed by atoms with van der Waals surface area (Å²) in [6, 6.07) is 16.7. The number of anilines is 1. The molecule has 31 heavy (non-hydrogen) atoms. The highest BCUT2D eigenvalue weighted by atomic mass is 16.2. The van der Waals surface area contributed by atoms with Crippen molar-refractivity contribution in [3.8, 4) is 0 Å². The van der Waals surface area contributed by atoms with Crippen LogP contribution in [0, 0.1) is 0 Å². The molecule has 1 N–H and O–H groups in total. The number of hydrogen-bond donors (Lipinski definition) is 1. The Balaban J connectivity index is 1.60. The number of allylic oxidation sites excluding steroid dienone is 1. The molecule has 1 fully saturated rings. The molecule has 0 radical (unpaired) electrons. The van der Waals surface area contributed by atoms with Crippen LogP contribution in [-0.2, 0) is 20.5 Å². The number of amides is 3. The van der Waals surface area contributed by atoms with Crippen LogP contribution in [0.15, 0.2) is 66.4 Å². The molecule has 6 nitrogen and oxygen atoms in total. The van der Waals surface area contributed by atoms with Crippen LogP contribution >= 0.6 is 0 Å². The molecule has 2 aromatic rings. The second-order valence-corrected chi connectivity index (χ2v) is 8.64. The summed E-state index contributed by atoms with van der Waals surface area (Å²) >= 11 is 0. The Labute approximate surface area is 182 Å². The lowest BCUT2D eigenvalue weighted by atomic mass is 9.83. The molecule has 0 aliphatic carbocycles. The summed E-state index contributed by atoms with van der Waals surface area (Å²) in [5, 5.41) is 2.83. The molecule has 0 saturated carbocycles. The summed E-state index contributed by atoms with van der Waals surface area (Å²) in [6.45, 7) is 5.70. The van der Waals surface area contributed by atoms with Crippen LogP contribution in [0.25, 0.3) is 0 Å². The standard InChI is InChI=1S/C25H27N3O3/c1-5-25(17-11-7-6-8-12-17)22(30)28(23(31)26-25)16-18(29)15-21-24(2,3)19-13-9-10-14-20(19)27(21)4/h6-15H,5,16H2,1-4H3,(H,26,31)/b21-15+/t25-/m1/s1. The minimum atomic E-state index is -1.13. The first-order valence-corrected chi connectivity index (χ1v) is 10.5. The zero-order valence-corrected chi connectivity index (χ0v) is 18.3. The van der Waals surface area contributed by atoms with Crippen molar-refractivity contribution in [3.63, 3.8) is 0 Å². The monoisotopic (exact) mass is 417 g/mol. The van der Waals surface area contributed by atoms with Gasteiger partial charge in [-0.3, -0.25) is 14.5 Å². The lowest BCUT2D eigenvalue weighted by Crippen LogP contribution is -2.43. The molecule has 3 amide bonds. The SMILES string of the molecule is CC[C@]1(c2ccccc2)NC(=O)N(CC(=O)/C=C2/N(C)c3ccccc3C2(C)C)C1=O. The van der Waals surface area contributed by atoms with E-state index in [1.54, 1.807) is 6.08 Å². The molecule has 0 aromatic heterocycles. The van der Waals surface area contributed by atoms with Crippen molar-refractivity contribution in [2.75, 3.05) is 18.5 Å². The Kier molecular flexibility index (Phi) is 4.96. The van der Waals surface area contributed by atoms with E-state index in [9.17, 15) is 14.4 Å². The van der Waals surface area contributed by atoms with Crippen LogP contribution in [0.4, 0.5) is 10.5 Å². The maximum Gasteiger partial charge on any atom is 0.325 e. The van der Waals surface area contributed by atoms with Crippen molar-refractivity contribution in [2.45, 2.75) is 38.1 Å². The predicted molar refractivity (Wildman–Crippen MR) is 120 cm³/mol. The van der Waals surface area contributed by atoms with Crippen LogP contribution in [0.3, 0.4) is 0 Å². The third kappa shape index (κ3) is 3.14. The van der Waals surface area contributed by atoms with Gasteiger partial charge in [-0.25, -0.2) is 4.79 Å². The molecular formula is C25H27N3O3. The molecule has 0 spiro atoms. The summed E-state index contributed by atoms with van der Waals surface area (Å²) in [7, 11) is 1.93. The van der Waals surface area contributed by atoms with E-state index in [1.165, 1.54) is 0 Å². The van der Waals surface area contributed by atoms with E-state index in [-0.39, 0.29) is 23.7 Å². The van der Waals surface area contributed by atoms with E-state index < -0.39 is 11.6 Å². The fraction of sp³-hybridized carbons (Fsp3) is 0.320. The van der Waals surface area contributed by atoms with Gasteiger partial charge in [-0.05, 0) is 23.6 Å². The van der Waals surface area contributed by atoms with Gasteiger partial charge in [-0.15, -0.1) is 0 Å². The largest absolute Gasteiger partial charge is 0.347 e. The number of rotatable bonds is 5. The van der Waals surface area contributed by atoms with E-state index in [2.05, 4.69) is 25.2 Å². The highest BCUT2D eigenvalue weighted by molar-refractivity contribution is 6.10. The summed E-state index contributed by atoms with van der Waals surface area (Å²) < 4.78 is 0. The van der Waals surface area contributed by atoms with Crippen LogP contribution in [0.5, 0.6) is 0 Å². The maximum atomic E-state index is 13.3. The molecule has 1 saturated heterocycles. The van der Waals surface area contributed by atoms with Gasteiger partial charge in [0.1, 0.15) is 5.54 Å². The smallest absolute Gasteiger partial charge is 0.325 e. The van der Waals surface area contributed by atoms with Gasteiger partial charge in [0, 0.05) is 29.9 Å². The summed E-state index contributed by atoms with van der Waals surface area (Å²) in [5.41, 5.74) is 2.27. The molecule has 4 rings (SSSR count). The quantitative estimate of drug-likeness (QED) is 0.595. The number of nitrogens with one attached hydrogen (secondary N) is 1. The number of imide groups is 1. The van der Waals surface area contributed by atoms with E-state index in [1.807, 2.05) is 67.4 Å². The van der Waals surface area contributed by atoms with Crippen molar-refractivity contribution in [1.82, 2.24) is 10.2 Å². The van der Waals surface area contributed by atoms with Crippen LogP contribution in [0.2, 0.25) is 0 Å². The van der Waals surface area contributed by atoms with Gasteiger partial charge in [-0.1, -0.05) is 69.3 Å². The number of nitrogens with zero attached hydrogens (tertiary/aromatic N) is 2. The Morgan fingerprint density at radius 2 is 1.68 bits per heavy atom. The van der Waals surface area contributed by atoms with Gasteiger partial charge in [0.25, 0.3) is 5.91 Å². The Morgan fingerprint density at radius 1 is 1.03 bits per heavy atom. The predicted octanol–water partition coefficient (Wildman–Crippen LogP) is 3.72. The van der Waals surface area contributed by atoms with Crippen molar-refractivity contribution < 1.29 is 14.4 Å². The number of carbonyl (C=O) groups is 3. The second kappa shape index (κ2) is 7.38. The lowest BCUT2D eigenvalue weighted by molar-refractivity contribution is -0.134. The van der Waals surface area contributed by atoms with Crippen molar-refractivity contribution in [1.29, 1.82) is 0 Å². The topological polar surface area (TPSA) is 69.7 Å². The minimum Gasteiger partial charge on any atom is -0.347 e. The number of likely N-dealkylation sites (N-methyl/N-ethyl adjacent to an activating group) is 1. The first kappa shape index (κ1) is 20.8. The number of fused-ring (bicyclic) bond motifs is 1. The van der Waals surface area contributed by atoms with Crippen molar-refractivity contribution >= 4 is 23.4 Å². The summed E-state index contributed by atoms with van der Waals surface area (Å²) in [5.74, 6) is -0.675. The average molecular weight is 418 g/mol. The number of carbonyl (C=O) groups excluding carboxylic acids is 3. The van der Waals surface area contributed by atoms with Gasteiger partial charge >= 0.3 is 6.03 Å². The number of benzene rings is 2. The van der Waals surface area contributed by atoms with E-state index in [4.69, 9.17) is 0 Å². The molecule has 6 heteroatoms. The fourth-order valence-corrected chi connectivity index (χ4v) is 4.74.